The molecule has 5 N–H and O–H groups in total. The fraction of sp³-hybridized carbons (Fsp3) is 0.300. The van der Waals surface area contributed by atoms with Crippen molar-refractivity contribution in [3.63, 3.8) is 0 Å². The summed E-state index contributed by atoms with van der Waals surface area (Å²) in [5.41, 5.74) is 0.309. The molecule has 0 fully saturated rings. The van der Waals surface area contributed by atoms with E-state index in [1.165, 1.54) is 13.0 Å². The third-order valence-corrected chi connectivity index (χ3v) is 2.14. The smallest absolute Gasteiger partial charge is 0.320 e. The minimum atomic E-state index is -1.01. The Kier molecular flexibility index (Phi) is 3.57. The minimum absolute atomic E-state index is 0.0765. The molecule has 0 aliphatic heterocycles. The number of carboxylic acids is 1. The lowest BCUT2D eigenvalue weighted by molar-refractivity contribution is -0.139. The summed E-state index contributed by atoms with van der Waals surface area (Å²) in [6, 6.07) is 1.40. The average molecular weight is 227 g/mol. The van der Waals surface area contributed by atoms with Crippen LogP contribution in [0.5, 0.6) is 17.2 Å². The van der Waals surface area contributed by atoms with Gasteiger partial charge < -0.3 is 25.7 Å². The summed E-state index contributed by atoms with van der Waals surface area (Å²) in [5.74, 6) is -2.01. The van der Waals surface area contributed by atoms with Crippen LogP contribution < -0.4 is 5.32 Å². The van der Waals surface area contributed by atoms with Crippen molar-refractivity contribution in [2.75, 3.05) is 0 Å². The highest BCUT2D eigenvalue weighted by atomic mass is 16.4. The van der Waals surface area contributed by atoms with Crippen LogP contribution >= 0.6 is 0 Å². The average Bonchev–Trinajstić information content (AvgIpc) is 2.20. The Balaban J connectivity index is 2.74. The van der Waals surface area contributed by atoms with Gasteiger partial charge in [-0.25, -0.2) is 0 Å². The molecule has 88 valence electrons. The van der Waals surface area contributed by atoms with E-state index in [4.69, 9.17) is 10.2 Å². The zero-order valence-corrected chi connectivity index (χ0v) is 8.64. The number of carboxylic acid groups (broad SMARTS) is 1. The molecular formula is C10H13NO5. The molecule has 0 aliphatic rings. The van der Waals surface area contributed by atoms with Crippen molar-refractivity contribution in [2.45, 2.75) is 19.5 Å². The number of hydrogen-bond donors (Lipinski definition) is 5. The number of aliphatic carboxylic acids is 1. The second kappa shape index (κ2) is 4.71. The van der Waals surface area contributed by atoms with Crippen LogP contribution in [0.15, 0.2) is 12.1 Å². The molecule has 0 unspecified atom stereocenters. The standard InChI is InChI=1S/C10H13NO5/c1-5(10(15)16)11-4-6-2-8(13)9(14)3-7(6)12/h2-3,5,11-14H,4H2,1H3,(H,15,16)/t5-/m0/s1. The van der Waals surface area contributed by atoms with Crippen molar-refractivity contribution in [3.8, 4) is 17.2 Å². The monoisotopic (exact) mass is 227 g/mol. The van der Waals surface area contributed by atoms with Crippen molar-refractivity contribution in [1.82, 2.24) is 5.32 Å². The summed E-state index contributed by atoms with van der Waals surface area (Å²) in [7, 11) is 0. The molecule has 1 aromatic rings. The van der Waals surface area contributed by atoms with Gasteiger partial charge in [-0.3, -0.25) is 4.79 Å². The van der Waals surface area contributed by atoms with E-state index in [1.54, 1.807) is 0 Å². The topological polar surface area (TPSA) is 110 Å². The molecule has 0 bridgehead atoms. The van der Waals surface area contributed by atoms with Crippen molar-refractivity contribution >= 4 is 5.97 Å². The van der Waals surface area contributed by atoms with Gasteiger partial charge in [-0.05, 0) is 13.0 Å². The van der Waals surface area contributed by atoms with E-state index in [2.05, 4.69) is 5.32 Å². The van der Waals surface area contributed by atoms with Crippen LogP contribution in [0.1, 0.15) is 12.5 Å². The lowest BCUT2D eigenvalue weighted by Gasteiger charge is -2.11. The molecule has 0 radical (unpaired) electrons. The first-order valence-corrected chi connectivity index (χ1v) is 4.62. The van der Waals surface area contributed by atoms with E-state index < -0.39 is 17.8 Å². The third kappa shape index (κ3) is 2.77. The molecule has 0 heterocycles. The van der Waals surface area contributed by atoms with Crippen molar-refractivity contribution < 1.29 is 25.2 Å². The number of aromatic hydroxyl groups is 3. The van der Waals surface area contributed by atoms with Crippen molar-refractivity contribution in [3.05, 3.63) is 17.7 Å². The predicted octanol–water partition coefficient (Wildman–Crippen LogP) is 0.366. The number of carbonyl (C=O) groups is 1. The molecule has 0 aliphatic carbocycles. The maximum Gasteiger partial charge on any atom is 0.320 e. The van der Waals surface area contributed by atoms with Gasteiger partial charge in [0.05, 0.1) is 0 Å². The zero-order chi connectivity index (χ0) is 12.3. The molecule has 0 saturated heterocycles. The summed E-state index contributed by atoms with van der Waals surface area (Å²) in [4.78, 5) is 10.5. The van der Waals surface area contributed by atoms with E-state index in [9.17, 15) is 15.0 Å². The summed E-state index contributed by atoms with van der Waals surface area (Å²) < 4.78 is 0. The van der Waals surface area contributed by atoms with Crippen LogP contribution in [0.2, 0.25) is 0 Å². The first kappa shape index (κ1) is 12.1. The Hall–Kier alpha value is -1.95. The van der Waals surface area contributed by atoms with Gasteiger partial charge in [0, 0.05) is 18.2 Å². The number of phenols is 3. The maximum atomic E-state index is 10.5. The Morgan fingerprint density at radius 3 is 2.38 bits per heavy atom. The molecule has 6 nitrogen and oxygen atoms in total. The first-order chi connectivity index (χ1) is 7.41. The lowest BCUT2D eigenvalue weighted by atomic mass is 10.1. The van der Waals surface area contributed by atoms with Crippen LogP contribution in [-0.4, -0.2) is 32.4 Å². The van der Waals surface area contributed by atoms with Crippen LogP contribution in [0, 0.1) is 0 Å². The highest BCUT2D eigenvalue weighted by molar-refractivity contribution is 5.72. The van der Waals surface area contributed by atoms with Gasteiger partial charge in [0.1, 0.15) is 11.8 Å². The highest BCUT2D eigenvalue weighted by Crippen LogP contribution is 2.31. The van der Waals surface area contributed by atoms with Gasteiger partial charge >= 0.3 is 5.97 Å². The fourth-order valence-electron chi connectivity index (χ4n) is 1.10. The molecule has 0 saturated carbocycles. The van der Waals surface area contributed by atoms with Crippen LogP contribution in [0.4, 0.5) is 0 Å². The van der Waals surface area contributed by atoms with E-state index in [0.29, 0.717) is 5.56 Å². The first-order valence-electron chi connectivity index (χ1n) is 4.62. The Labute approximate surface area is 91.8 Å². The summed E-state index contributed by atoms with van der Waals surface area (Å²) in [6.07, 6.45) is 0. The second-order valence-electron chi connectivity index (χ2n) is 3.41. The van der Waals surface area contributed by atoms with Crippen molar-refractivity contribution in [2.24, 2.45) is 0 Å². The number of benzene rings is 1. The fourth-order valence-corrected chi connectivity index (χ4v) is 1.10. The molecule has 6 heteroatoms. The van der Waals surface area contributed by atoms with Gasteiger partial charge in [0.25, 0.3) is 0 Å². The number of rotatable bonds is 4. The van der Waals surface area contributed by atoms with E-state index in [1.807, 2.05) is 0 Å². The van der Waals surface area contributed by atoms with Crippen molar-refractivity contribution in [1.29, 1.82) is 0 Å². The molecular weight excluding hydrogens is 214 g/mol. The van der Waals surface area contributed by atoms with Crippen LogP contribution in [-0.2, 0) is 11.3 Å². The second-order valence-corrected chi connectivity index (χ2v) is 3.41. The Morgan fingerprint density at radius 2 is 1.81 bits per heavy atom. The highest BCUT2D eigenvalue weighted by Gasteiger charge is 2.12. The summed E-state index contributed by atoms with van der Waals surface area (Å²) >= 11 is 0. The Bertz CT molecular complexity index is 404. The molecule has 1 atom stereocenters. The van der Waals surface area contributed by atoms with Gasteiger partial charge in [-0.2, -0.15) is 0 Å². The molecule has 1 aromatic carbocycles. The SMILES string of the molecule is C[C@H](NCc1cc(O)c(O)cc1O)C(=O)O. The van der Waals surface area contributed by atoms with E-state index >= 15 is 0 Å². The Morgan fingerprint density at radius 1 is 1.25 bits per heavy atom. The van der Waals surface area contributed by atoms with Gasteiger partial charge in [0.15, 0.2) is 11.5 Å². The summed E-state index contributed by atoms with van der Waals surface area (Å²) in [6.45, 7) is 1.53. The molecule has 0 amide bonds. The summed E-state index contributed by atoms with van der Waals surface area (Å²) in [5, 5.41) is 38.9. The van der Waals surface area contributed by atoms with Crippen LogP contribution in [0.3, 0.4) is 0 Å². The maximum absolute atomic E-state index is 10.5. The number of hydrogen-bond acceptors (Lipinski definition) is 5. The van der Waals surface area contributed by atoms with Gasteiger partial charge in [-0.15, -0.1) is 0 Å². The number of phenolic OH excluding ortho intramolecular Hbond substituents is 3. The van der Waals surface area contributed by atoms with E-state index in [0.717, 1.165) is 6.07 Å². The molecule has 0 spiro atoms. The molecule has 1 rings (SSSR count). The largest absolute Gasteiger partial charge is 0.507 e. The predicted molar refractivity (Wildman–Crippen MR) is 55.4 cm³/mol. The zero-order valence-electron chi connectivity index (χ0n) is 8.64. The third-order valence-electron chi connectivity index (χ3n) is 2.14. The molecule has 16 heavy (non-hydrogen) atoms. The van der Waals surface area contributed by atoms with Gasteiger partial charge in [-0.1, -0.05) is 0 Å². The lowest BCUT2D eigenvalue weighted by Crippen LogP contribution is -2.33. The van der Waals surface area contributed by atoms with E-state index in [-0.39, 0.29) is 18.0 Å². The quantitative estimate of drug-likeness (QED) is 0.375. The number of nitrogens with one attached hydrogen (secondary N) is 1. The van der Waals surface area contributed by atoms with Gasteiger partial charge in [0.2, 0.25) is 0 Å². The molecule has 0 aromatic heterocycles. The normalized spacial score (nSPS) is 12.3. The minimum Gasteiger partial charge on any atom is -0.507 e. The van der Waals surface area contributed by atoms with Crippen LogP contribution in [0.25, 0.3) is 0 Å².